The van der Waals surface area contributed by atoms with E-state index in [0.29, 0.717) is 12.6 Å². The summed E-state index contributed by atoms with van der Waals surface area (Å²) < 4.78 is 5.39. The second-order valence-corrected chi connectivity index (χ2v) is 5.56. The second-order valence-electron chi connectivity index (χ2n) is 4.57. The molecule has 98 valence electrons. The van der Waals surface area contributed by atoms with Gasteiger partial charge in [-0.3, -0.25) is 4.90 Å². The summed E-state index contributed by atoms with van der Waals surface area (Å²) in [6.07, 6.45) is 2.28. The maximum absolute atomic E-state index is 5.39. The molecule has 0 amide bonds. The molecule has 1 fully saturated rings. The van der Waals surface area contributed by atoms with Crippen molar-refractivity contribution in [1.29, 1.82) is 0 Å². The van der Waals surface area contributed by atoms with Crippen molar-refractivity contribution >= 4 is 11.3 Å². The van der Waals surface area contributed by atoms with E-state index in [1.807, 2.05) is 0 Å². The summed E-state index contributed by atoms with van der Waals surface area (Å²) >= 11 is 1.78. The van der Waals surface area contributed by atoms with Gasteiger partial charge in [0.2, 0.25) is 0 Å². The molecule has 3 nitrogen and oxygen atoms in total. The van der Waals surface area contributed by atoms with Crippen molar-refractivity contribution in [3.8, 4) is 11.8 Å². The van der Waals surface area contributed by atoms with Gasteiger partial charge >= 0.3 is 0 Å². The van der Waals surface area contributed by atoms with Crippen LogP contribution in [0.15, 0.2) is 11.4 Å². The van der Waals surface area contributed by atoms with Gasteiger partial charge in [0.25, 0.3) is 0 Å². The van der Waals surface area contributed by atoms with Gasteiger partial charge in [-0.05, 0) is 26.0 Å². The Bertz CT molecular complexity index is 426. The fraction of sp³-hybridized carbons (Fsp3) is 0.571. The zero-order chi connectivity index (χ0) is 12.8. The normalized spacial score (nSPS) is 16.6. The zero-order valence-electron chi connectivity index (χ0n) is 10.8. The lowest BCUT2D eigenvalue weighted by Gasteiger charge is -2.30. The van der Waals surface area contributed by atoms with Crippen LogP contribution in [0.2, 0.25) is 0 Å². The van der Waals surface area contributed by atoms with Crippen LogP contribution in [0, 0.1) is 11.8 Å². The summed E-state index contributed by atoms with van der Waals surface area (Å²) in [5, 5.41) is 2.11. The Labute approximate surface area is 113 Å². The fourth-order valence-corrected chi connectivity index (χ4v) is 3.06. The molecule has 0 aromatic carbocycles. The number of hydrogen-bond acceptors (Lipinski definition) is 4. The lowest BCUT2D eigenvalue weighted by atomic mass is 10.1. The first-order valence-electron chi connectivity index (χ1n) is 6.34. The molecule has 2 heterocycles. The maximum Gasteiger partial charge on any atom is 0.0555 e. The molecule has 4 heteroatoms. The lowest BCUT2D eigenvalue weighted by molar-refractivity contribution is 0.0410. The molecule has 0 aliphatic carbocycles. The third-order valence-electron chi connectivity index (χ3n) is 3.21. The van der Waals surface area contributed by atoms with Gasteiger partial charge in [-0.1, -0.05) is 11.8 Å². The predicted molar refractivity (Wildman–Crippen MR) is 75.6 cm³/mol. The first-order chi connectivity index (χ1) is 8.79. The highest BCUT2D eigenvalue weighted by molar-refractivity contribution is 7.10. The van der Waals surface area contributed by atoms with Gasteiger partial charge in [-0.25, -0.2) is 0 Å². The molecule has 0 atom stereocenters. The monoisotopic (exact) mass is 264 g/mol. The molecule has 0 radical (unpaired) electrons. The number of hydrogen-bond donors (Lipinski definition) is 1. The molecule has 18 heavy (non-hydrogen) atoms. The van der Waals surface area contributed by atoms with E-state index in [1.165, 1.54) is 4.88 Å². The van der Waals surface area contributed by atoms with E-state index < -0.39 is 0 Å². The van der Waals surface area contributed by atoms with Crippen molar-refractivity contribution in [1.82, 2.24) is 4.90 Å². The largest absolute Gasteiger partial charge is 0.381 e. The molecule has 2 N–H and O–H groups in total. The van der Waals surface area contributed by atoms with Gasteiger partial charge in [0.05, 0.1) is 6.54 Å². The molecular formula is C14H20N2OS. The van der Waals surface area contributed by atoms with E-state index in [9.17, 15) is 0 Å². The topological polar surface area (TPSA) is 38.5 Å². The Morgan fingerprint density at radius 3 is 3.00 bits per heavy atom. The average molecular weight is 264 g/mol. The number of ether oxygens (including phenoxy) is 1. The molecule has 0 bridgehead atoms. The molecule has 0 unspecified atom stereocenters. The Morgan fingerprint density at radius 1 is 1.50 bits per heavy atom. The van der Waals surface area contributed by atoms with Gasteiger partial charge in [0.15, 0.2) is 0 Å². The molecule has 2 rings (SSSR count). The highest BCUT2D eigenvalue weighted by Gasteiger charge is 2.18. The molecule has 1 aromatic rings. The molecular weight excluding hydrogens is 244 g/mol. The fourth-order valence-electron chi connectivity index (χ4n) is 2.18. The third kappa shape index (κ3) is 3.82. The van der Waals surface area contributed by atoms with Crippen LogP contribution in [0.25, 0.3) is 0 Å². The number of thiophene rings is 1. The molecule has 0 saturated carbocycles. The van der Waals surface area contributed by atoms with E-state index >= 15 is 0 Å². The highest BCUT2D eigenvalue weighted by Crippen LogP contribution is 2.19. The van der Waals surface area contributed by atoms with E-state index in [0.717, 1.165) is 38.2 Å². The summed E-state index contributed by atoms with van der Waals surface area (Å²) in [7, 11) is 2.20. The van der Waals surface area contributed by atoms with Crippen LogP contribution in [0.4, 0.5) is 0 Å². The highest BCUT2D eigenvalue weighted by atomic mass is 32.1. The first kappa shape index (κ1) is 13.6. The quantitative estimate of drug-likeness (QED) is 0.844. The third-order valence-corrected chi connectivity index (χ3v) is 4.13. The van der Waals surface area contributed by atoms with E-state index in [1.54, 1.807) is 11.3 Å². The van der Waals surface area contributed by atoms with Crippen molar-refractivity contribution in [2.75, 3.05) is 26.8 Å². The van der Waals surface area contributed by atoms with Crippen LogP contribution in [-0.2, 0) is 11.3 Å². The Hall–Kier alpha value is -0.860. The lowest BCUT2D eigenvalue weighted by Crippen LogP contribution is -2.35. The predicted octanol–water partition coefficient (Wildman–Crippen LogP) is 1.67. The summed E-state index contributed by atoms with van der Waals surface area (Å²) in [6.45, 7) is 3.21. The van der Waals surface area contributed by atoms with Gasteiger partial charge < -0.3 is 10.5 Å². The van der Waals surface area contributed by atoms with E-state index in [-0.39, 0.29) is 0 Å². The van der Waals surface area contributed by atoms with E-state index in [4.69, 9.17) is 10.5 Å². The van der Waals surface area contributed by atoms with Gasteiger partial charge in [0.1, 0.15) is 0 Å². The minimum atomic E-state index is 0.424. The summed E-state index contributed by atoms with van der Waals surface area (Å²) in [4.78, 5) is 3.79. The molecule has 1 aliphatic rings. The minimum Gasteiger partial charge on any atom is -0.381 e. The second kappa shape index (κ2) is 6.91. The first-order valence-corrected chi connectivity index (χ1v) is 7.22. The SMILES string of the molecule is CN(Cc1cc(C#CCN)cs1)C1CCOCC1. The van der Waals surface area contributed by atoms with Gasteiger partial charge in [-0.15, -0.1) is 11.3 Å². The van der Waals surface area contributed by atoms with Gasteiger partial charge in [0, 0.05) is 41.6 Å². The molecule has 1 aliphatic heterocycles. The summed E-state index contributed by atoms with van der Waals surface area (Å²) in [5.41, 5.74) is 6.46. The Kier molecular flexibility index (Phi) is 5.21. The standard InChI is InChI=1S/C14H20N2OS/c1-16(13-4-7-17-8-5-13)10-14-9-12(11-18-14)3-2-6-15/h9,11,13H,4-8,10,15H2,1H3. The summed E-state index contributed by atoms with van der Waals surface area (Å²) in [6, 6.07) is 2.82. The van der Waals surface area contributed by atoms with Gasteiger partial charge in [-0.2, -0.15) is 0 Å². The van der Waals surface area contributed by atoms with Crippen molar-refractivity contribution in [3.63, 3.8) is 0 Å². The number of rotatable bonds is 3. The van der Waals surface area contributed by atoms with Crippen molar-refractivity contribution < 1.29 is 4.74 Å². The number of nitrogens with two attached hydrogens (primary N) is 1. The van der Waals surface area contributed by atoms with Crippen LogP contribution in [0.1, 0.15) is 23.3 Å². The van der Waals surface area contributed by atoms with E-state index in [2.05, 4.69) is 35.2 Å². The van der Waals surface area contributed by atoms with Crippen LogP contribution < -0.4 is 5.73 Å². The molecule has 1 aromatic heterocycles. The maximum atomic E-state index is 5.39. The van der Waals surface area contributed by atoms with Crippen LogP contribution in [-0.4, -0.2) is 37.7 Å². The van der Waals surface area contributed by atoms with Crippen molar-refractivity contribution in [3.05, 3.63) is 21.9 Å². The number of nitrogens with zero attached hydrogens (tertiary/aromatic N) is 1. The van der Waals surface area contributed by atoms with Crippen LogP contribution in [0.3, 0.4) is 0 Å². The smallest absolute Gasteiger partial charge is 0.0555 e. The van der Waals surface area contributed by atoms with Crippen molar-refractivity contribution in [2.45, 2.75) is 25.4 Å². The molecule has 1 saturated heterocycles. The minimum absolute atomic E-state index is 0.424. The van der Waals surface area contributed by atoms with Crippen LogP contribution in [0.5, 0.6) is 0 Å². The van der Waals surface area contributed by atoms with Crippen molar-refractivity contribution in [2.24, 2.45) is 5.73 Å². The van der Waals surface area contributed by atoms with Crippen LogP contribution >= 0.6 is 11.3 Å². The summed E-state index contributed by atoms with van der Waals surface area (Å²) in [5.74, 6) is 5.96. The Balaban J connectivity index is 1.90. The Morgan fingerprint density at radius 2 is 2.28 bits per heavy atom. The molecule has 0 spiro atoms. The zero-order valence-corrected chi connectivity index (χ0v) is 11.6. The average Bonchev–Trinajstić information content (AvgIpc) is 2.85.